The van der Waals surface area contributed by atoms with Crippen LogP contribution < -0.4 is 10.6 Å². The van der Waals surface area contributed by atoms with Crippen LogP contribution in [-0.2, 0) is 0 Å². The summed E-state index contributed by atoms with van der Waals surface area (Å²) in [6, 6.07) is 1.87. The highest BCUT2D eigenvalue weighted by Crippen LogP contribution is 2.31. The van der Waals surface area contributed by atoms with E-state index < -0.39 is 5.60 Å². The first-order valence-corrected chi connectivity index (χ1v) is 6.24. The Morgan fingerprint density at radius 3 is 2.59 bits per heavy atom. The maximum atomic E-state index is 9.96. The van der Waals surface area contributed by atoms with Crippen molar-refractivity contribution >= 4 is 11.6 Å². The van der Waals surface area contributed by atoms with Crippen molar-refractivity contribution in [3.05, 3.63) is 12.4 Å². The van der Waals surface area contributed by atoms with Crippen LogP contribution >= 0.6 is 0 Å². The third kappa shape index (κ3) is 3.30. The monoisotopic (exact) mass is 236 g/mol. The predicted octanol–water partition coefficient (Wildman–Crippen LogP) is 1.63. The van der Waals surface area contributed by atoms with Gasteiger partial charge in [-0.1, -0.05) is 6.92 Å². The lowest BCUT2D eigenvalue weighted by atomic mass is 9.80. The molecule has 2 rings (SSSR count). The minimum atomic E-state index is -0.526. The van der Waals surface area contributed by atoms with Gasteiger partial charge in [-0.2, -0.15) is 0 Å². The Bertz CT molecular complexity index is 365. The first kappa shape index (κ1) is 12.1. The quantitative estimate of drug-likeness (QED) is 0.700. The Hall–Kier alpha value is -1.36. The molecule has 1 aliphatic carbocycles. The molecule has 0 radical (unpaired) electrons. The van der Waals surface area contributed by atoms with Crippen molar-refractivity contribution in [1.29, 1.82) is 0 Å². The molecular weight excluding hydrogens is 216 g/mol. The van der Waals surface area contributed by atoms with Crippen LogP contribution in [0.15, 0.2) is 12.4 Å². The summed E-state index contributed by atoms with van der Waals surface area (Å²) in [4.78, 5) is 8.27. The van der Waals surface area contributed by atoms with Gasteiger partial charge < -0.3 is 15.7 Å². The summed E-state index contributed by atoms with van der Waals surface area (Å²) in [5, 5.41) is 16.3. The van der Waals surface area contributed by atoms with E-state index in [0.717, 1.165) is 43.9 Å². The minimum absolute atomic E-state index is 0.526. The van der Waals surface area contributed by atoms with Gasteiger partial charge in [0.15, 0.2) is 0 Å². The van der Waals surface area contributed by atoms with Gasteiger partial charge in [0.05, 0.1) is 5.60 Å². The molecule has 17 heavy (non-hydrogen) atoms. The molecule has 5 nitrogen and oxygen atoms in total. The van der Waals surface area contributed by atoms with Crippen LogP contribution in [0.4, 0.5) is 11.6 Å². The molecule has 5 heteroatoms. The number of rotatable bonds is 6. The molecule has 0 spiro atoms. The topological polar surface area (TPSA) is 70.1 Å². The van der Waals surface area contributed by atoms with Gasteiger partial charge in [-0.3, -0.25) is 0 Å². The maximum Gasteiger partial charge on any atom is 0.131 e. The Balaban J connectivity index is 1.87. The fourth-order valence-electron chi connectivity index (χ4n) is 1.82. The van der Waals surface area contributed by atoms with Crippen LogP contribution in [-0.4, -0.2) is 33.8 Å². The number of nitrogens with zero attached hydrogens (tertiary/aromatic N) is 2. The highest BCUT2D eigenvalue weighted by Gasteiger charge is 2.33. The second-order valence-corrected chi connectivity index (χ2v) is 4.65. The Morgan fingerprint density at radius 1 is 1.29 bits per heavy atom. The van der Waals surface area contributed by atoms with Gasteiger partial charge in [0.1, 0.15) is 18.0 Å². The van der Waals surface area contributed by atoms with Gasteiger partial charge in [0.25, 0.3) is 0 Å². The molecule has 0 atom stereocenters. The van der Waals surface area contributed by atoms with E-state index in [1.54, 1.807) is 0 Å². The normalized spacial score (nSPS) is 17.3. The van der Waals surface area contributed by atoms with E-state index in [4.69, 9.17) is 0 Å². The van der Waals surface area contributed by atoms with Crippen molar-refractivity contribution in [3.8, 4) is 0 Å². The van der Waals surface area contributed by atoms with E-state index in [9.17, 15) is 5.11 Å². The van der Waals surface area contributed by atoms with Crippen molar-refractivity contribution < 1.29 is 5.11 Å². The van der Waals surface area contributed by atoms with Gasteiger partial charge in [-0.15, -0.1) is 0 Å². The SMILES string of the molecule is CCCNc1cc(NCC2(O)CCC2)ncn1. The van der Waals surface area contributed by atoms with Crippen LogP contribution in [0.2, 0.25) is 0 Å². The Kier molecular flexibility index (Phi) is 3.78. The molecule has 3 N–H and O–H groups in total. The number of nitrogens with one attached hydrogen (secondary N) is 2. The third-order valence-electron chi connectivity index (χ3n) is 3.11. The largest absolute Gasteiger partial charge is 0.388 e. The molecular formula is C12H20N4O. The van der Waals surface area contributed by atoms with E-state index in [-0.39, 0.29) is 0 Å². The average Bonchev–Trinajstić information content (AvgIpc) is 2.32. The lowest BCUT2D eigenvalue weighted by molar-refractivity contribution is -0.0202. The zero-order valence-electron chi connectivity index (χ0n) is 10.2. The molecule has 1 fully saturated rings. The summed E-state index contributed by atoms with van der Waals surface area (Å²) in [6.45, 7) is 3.58. The van der Waals surface area contributed by atoms with Crippen molar-refractivity contribution in [2.24, 2.45) is 0 Å². The zero-order valence-corrected chi connectivity index (χ0v) is 10.2. The van der Waals surface area contributed by atoms with Crippen molar-refractivity contribution in [3.63, 3.8) is 0 Å². The average molecular weight is 236 g/mol. The fraction of sp³-hybridized carbons (Fsp3) is 0.667. The van der Waals surface area contributed by atoms with E-state index in [0.29, 0.717) is 6.54 Å². The van der Waals surface area contributed by atoms with Gasteiger partial charge in [-0.25, -0.2) is 9.97 Å². The molecule has 94 valence electrons. The highest BCUT2D eigenvalue weighted by molar-refractivity contribution is 5.46. The van der Waals surface area contributed by atoms with E-state index in [1.807, 2.05) is 6.07 Å². The molecule has 0 bridgehead atoms. The van der Waals surface area contributed by atoms with Crippen molar-refractivity contribution in [2.75, 3.05) is 23.7 Å². The van der Waals surface area contributed by atoms with E-state index >= 15 is 0 Å². The highest BCUT2D eigenvalue weighted by atomic mass is 16.3. The summed E-state index contributed by atoms with van der Waals surface area (Å²) in [6.07, 6.45) is 5.47. The van der Waals surface area contributed by atoms with Crippen LogP contribution in [0.3, 0.4) is 0 Å². The minimum Gasteiger partial charge on any atom is -0.388 e. The number of hydrogen-bond donors (Lipinski definition) is 3. The summed E-state index contributed by atoms with van der Waals surface area (Å²) >= 11 is 0. The summed E-state index contributed by atoms with van der Waals surface area (Å²) in [5.74, 6) is 1.59. The second-order valence-electron chi connectivity index (χ2n) is 4.65. The Morgan fingerprint density at radius 2 is 2.00 bits per heavy atom. The lowest BCUT2D eigenvalue weighted by Gasteiger charge is -2.36. The van der Waals surface area contributed by atoms with E-state index in [2.05, 4.69) is 27.5 Å². The number of aliphatic hydroxyl groups is 1. The summed E-state index contributed by atoms with van der Waals surface area (Å²) < 4.78 is 0. The summed E-state index contributed by atoms with van der Waals surface area (Å²) in [5.41, 5.74) is -0.526. The number of anilines is 2. The van der Waals surface area contributed by atoms with Crippen molar-refractivity contribution in [1.82, 2.24) is 9.97 Å². The van der Waals surface area contributed by atoms with Gasteiger partial charge >= 0.3 is 0 Å². The third-order valence-corrected chi connectivity index (χ3v) is 3.11. The smallest absolute Gasteiger partial charge is 0.131 e. The molecule has 0 amide bonds. The van der Waals surface area contributed by atoms with Crippen LogP contribution in [0.1, 0.15) is 32.6 Å². The lowest BCUT2D eigenvalue weighted by Crippen LogP contribution is -2.43. The molecule has 0 unspecified atom stereocenters. The molecule has 0 aromatic carbocycles. The molecule has 0 aliphatic heterocycles. The van der Waals surface area contributed by atoms with Crippen LogP contribution in [0, 0.1) is 0 Å². The van der Waals surface area contributed by atoms with Crippen LogP contribution in [0.5, 0.6) is 0 Å². The molecule has 0 saturated heterocycles. The zero-order chi connectivity index (χ0) is 12.1. The van der Waals surface area contributed by atoms with Gasteiger partial charge in [0.2, 0.25) is 0 Å². The molecule has 1 saturated carbocycles. The first-order valence-electron chi connectivity index (χ1n) is 6.24. The second kappa shape index (κ2) is 5.31. The first-order chi connectivity index (χ1) is 8.22. The standard InChI is InChI=1S/C12H20N4O/c1-2-6-13-10-7-11(16-9-15-10)14-8-12(17)4-3-5-12/h7,9,17H,2-6,8H2,1H3,(H2,13,14,15,16). The predicted molar refractivity (Wildman–Crippen MR) is 68.1 cm³/mol. The van der Waals surface area contributed by atoms with E-state index in [1.165, 1.54) is 6.33 Å². The number of aromatic nitrogens is 2. The molecule has 1 aromatic rings. The maximum absolute atomic E-state index is 9.96. The van der Waals surface area contributed by atoms with Crippen LogP contribution in [0.25, 0.3) is 0 Å². The molecule has 1 aliphatic rings. The van der Waals surface area contributed by atoms with Gasteiger partial charge in [0, 0.05) is 19.2 Å². The van der Waals surface area contributed by atoms with Crippen molar-refractivity contribution in [2.45, 2.75) is 38.2 Å². The number of hydrogen-bond acceptors (Lipinski definition) is 5. The fourth-order valence-corrected chi connectivity index (χ4v) is 1.82. The molecule has 1 heterocycles. The summed E-state index contributed by atoms with van der Waals surface area (Å²) in [7, 11) is 0. The molecule has 1 aromatic heterocycles. The van der Waals surface area contributed by atoms with Gasteiger partial charge in [-0.05, 0) is 25.7 Å². The Labute approximate surface area is 102 Å².